The average molecular weight is 453 g/mol. The van der Waals surface area contributed by atoms with Crippen LogP contribution in [0.15, 0.2) is 59.5 Å². The first-order chi connectivity index (χ1) is 13.7. The van der Waals surface area contributed by atoms with E-state index in [1.807, 2.05) is 13.0 Å². The molecule has 152 valence electrons. The van der Waals surface area contributed by atoms with Crippen LogP contribution in [0, 0.1) is 12.7 Å². The summed E-state index contributed by atoms with van der Waals surface area (Å²) < 4.78 is 42.0. The highest BCUT2D eigenvalue weighted by molar-refractivity contribution is 7.92. The number of rotatable bonds is 6. The first-order valence-corrected chi connectivity index (χ1v) is 11.3. The van der Waals surface area contributed by atoms with Crippen molar-refractivity contribution in [1.29, 1.82) is 0 Å². The lowest BCUT2D eigenvalue weighted by molar-refractivity contribution is 0.0939. The number of thiophene rings is 1. The van der Waals surface area contributed by atoms with Gasteiger partial charge in [0.25, 0.3) is 15.9 Å². The molecule has 0 saturated carbocycles. The van der Waals surface area contributed by atoms with E-state index in [9.17, 15) is 17.6 Å². The number of hydrogen-bond acceptors (Lipinski definition) is 4. The molecule has 29 heavy (non-hydrogen) atoms. The van der Waals surface area contributed by atoms with E-state index in [0.29, 0.717) is 9.90 Å². The molecular formula is C20H18ClFN2O3S2. The average Bonchev–Trinajstić information content (AvgIpc) is 3.10. The highest BCUT2D eigenvalue weighted by Crippen LogP contribution is 2.27. The Morgan fingerprint density at radius 3 is 2.52 bits per heavy atom. The number of halogens is 2. The Morgan fingerprint density at radius 1 is 1.14 bits per heavy atom. The fraction of sp³-hybridized carbons (Fsp3) is 0.150. The Morgan fingerprint density at radius 2 is 1.86 bits per heavy atom. The molecule has 1 heterocycles. The Hall–Kier alpha value is -2.42. The second-order valence-corrected chi connectivity index (χ2v) is 9.83. The second kappa shape index (κ2) is 8.52. The van der Waals surface area contributed by atoms with E-state index in [1.54, 1.807) is 13.0 Å². The zero-order valence-electron chi connectivity index (χ0n) is 15.6. The van der Waals surface area contributed by atoms with Crippen LogP contribution in [0.5, 0.6) is 0 Å². The molecule has 2 aromatic carbocycles. The number of carbonyl (C=O) groups is 1. The van der Waals surface area contributed by atoms with E-state index in [4.69, 9.17) is 11.6 Å². The summed E-state index contributed by atoms with van der Waals surface area (Å²) >= 11 is 7.29. The lowest BCUT2D eigenvalue weighted by Gasteiger charge is -2.15. The first-order valence-electron chi connectivity index (χ1n) is 8.61. The summed E-state index contributed by atoms with van der Waals surface area (Å²) in [6, 6.07) is 12.9. The highest BCUT2D eigenvalue weighted by Gasteiger charge is 2.21. The third-order valence-electron chi connectivity index (χ3n) is 4.25. The van der Waals surface area contributed by atoms with Gasteiger partial charge < -0.3 is 5.32 Å². The van der Waals surface area contributed by atoms with E-state index in [1.165, 1.54) is 47.7 Å². The minimum absolute atomic E-state index is 0.136. The van der Waals surface area contributed by atoms with Gasteiger partial charge in [-0.3, -0.25) is 9.52 Å². The number of anilines is 1. The summed E-state index contributed by atoms with van der Waals surface area (Å²) in [5.41, 5.74) is 0.668. The SMILES string of the molecule is Cc1ccc(S(=O)(=O)Nc2ccccc2F)cc1C(=O)NC(C)c1ccc(Cl)s1. The molecule has 0 saturated heterocycles. The Bertz CT molecular complexity index is 1160. The molecule has 0 fully saturated rings. The zero-order chi connectivity index (χ0) is 21.2. The van der Waals surface area contributed by atoms with Gasteiger partial charge in [0.05, 0.1) is 21.0 Å². The van der Waals surface area contributed by atoms with Gasteiger partial charge in [0.2, 0.25) is 0 Å². The van der Waals surface area contributed by atoms with E-state index in [0.717, 1.165) is 10.9 Å². The molecular weight excluding hydrogens is 435 g/mol. The van der Waals surface area contributed by atoms with E-state index in [-0.39, 0.29) is 22.2 Å². The molecule has 1 atom stereocenters. The van der Waals surface area contributed by atoms with Crippen molar-refractivity contribution in [3.05, 3.63) is 80.8 Å². The Kier molecular flexibility index (Phi) is 6.26. The molecule has 1 unspecified atom stereocenters. The van der Waals surface area contributed by atoms with Crippen LogP contribution in [0.1, 0.15) is 33.8 Å². The minimum atomic E-state index is -4.07. The third kappa shape index (κ3) is 4.95. The number of para-hydroxylation sites is 1. The fourth-order valence-electron chi connectivity index (χ4n) is 2.67. The summed E-state index contributed by atoms with van der Waals surface area (Å²) in [6.45, 7) is 3.53. The molecule has 0 aliphatic rings. The number of amides is 1. The number of nitrogens with one attached hydrogen (secondary N) is 2. The van der Waals surface area contributed by atoms with E-state index < -0.39 is 21.7 Å². The predicted molar refractivity (Wildman–Crippen MR) is 114 cm³/mol. The number of carbonyl (C=O) groups excluding carboxylic acids is 1. The summed E-state index contributed by atoms with van der Waals surface area (Å²) in [7, 11) is -4.07. The van der Waals surface area contributed by atoms with Crippen LogP contribution >= 0.6 is 22.9 Å². The van der Waals surface area contributed by atoms with Crippen molar-refractivity contribution >= 4 is 44.6 Å². The van der Waals surface area contributed by atoms with Gasteiger partial charge in [-0.25, -0.2) is 12.8 Å². The third-order valence-corrected chi connectivity index (χ3v) is 7.03. The number of aryl methyl sites for hydroxylation is 1. The van der Waals surface area contributed by atoms with Gasteiger partial charge in [-0.1, -0.05) is 29.8 Å². The molecule has 9 heteroatoms. The fourth-order valence-corrected chi connectivity index (χ4v) is 4.82. The standard InChI is InChI=1S/C20H18ClFN2O3S2/c1-12-7-8-14(29(26,27)24-17-6-4-3-5-16(17)22)11-15(12)20(25)23-13(2)18-9-10-19(21)28-18/h3-11,13,24H,1-2H3,(H,23,25). The van der Waals surface area contributed by atoms with Gasteiger partial charge in [-0.05, 0) is 55.8 Å². The number of benzene rings is 2. The quantitative estimate of drug-likeness (QED) is 0.543. The maximum absolute atomic E-state index is 13.8. The normalized spacial score (nSPS) is 12.4. The summed E-state index contributed by atoms with van der Waals surface area (Å²) in [5, 5.41) is 2.84. The van der Waals surface area contributed by atoms with Crippen LogP contribution in [0.4, 0.5) is 10.1 Å². The van der Waals surface area contributed by atoms with Crippen LogP contribution in [0.3, 0.4) is 0 Å². The van der Waals surface area contributed by atoms with Crippen LogP contribution in [-0.2, 0) is 10.0 Å². The lowest BCUT2D eigenvalue weighted by Crippen LogP contribution is -2.27. The first kappa shape index (κ1) is 21.3. The van der Waals surface area contributed by atoms with Crippen molar-refractivity contribution < 1.29 is 17.6 Å². The van der Waals surface area contributed by atoms with E-state index in [2.05, 4.69) is 10.0 Å². The van der Waals surface area contributed by atoms with Crippen molar-refractivity contribution in [2.24, 2.45) is 0 Å². The molecule has 1 amide bonds. The van der Waals surface area contributed by atoms with Crippen molar-refractivity contribution in [2.75, 3.05) is 4.72 Å². The number of sulfonamides is 1. The summed E-state index contributed by atoms with van der Waals surface area (Å²) in [6.07, 6.45) is 0. The topological polar surface area (TPSA) is 75.3 Å². The molecule has 0 radical (unpaired) electrons. The van der Waals surface area contributed by atoms with Crippen molar-refractivity contribution in [3.8, 4) is 0 Å². The molecule has 3 rings (SSSR count). The smallest absolute Gasteiger partial charge is 0.262 e. The highest BCUT2D eigenvalue weighted by atomic mass is 35.5. The van der Waals surface area contributed by atoms with Crippen LogP contribution in [0.2, 0.25) is 4.34 Å². The summed E-state index contributed by atoms with van der Waals surface area (Å²) in [5.74, 6) is -1.10. The van der Waals surface area contributed by atoms with Crippen molar-refractivity contribution in [2.45, 2.75) is 24.8 Å². The lowest BCUT2D eigenvalue weighted by atomic mass is 10.1. The maximum atomic E-state index is 13.8. The summed E-state index contributed by atoms with van der Waals surface area (Å²) in [4.78, 5) is 13.5. The molecule has 0 spiro atoms. The maximum Gasteiger partial charge on any atom is 0.262 e. The van der Waals surface area contributed by atoms with Gasteiger partial charge in [0.1, 0.15) is 5.82 Å². The van der Waals surface area contributed by atoms with Gasteiger partial charge in [-0.15, -0.1) is 11.3 Å². The predicted octanol–water partition coefficient (Wildman–Crippen LogP) is 5.14. The molecule has 3 aromatic rings. The van der Waals surface area contributed by atoms with Crippen LogP contribution in [-0.4, -0.2) is 14.3 Å². The van der Waals surface area contributed by atoms with Crippen LogP contribution in [0.25, 0.3) is 0 Å². The molecule has 0 aliphatic heterocycles. The minimum Gasteiger partial charge on any atom is -0.345 e. The zero-order valence-corrected chi connectivity index (χ0v) is 18.0. The van der Waals surface area contributed by atoms with Gasteiger partial charge in [0.15, 0.2) is 0 Å². The van der Waals surface area contributed by atoms with Crippen LogP contribution < -0.4 is 10.0 Å². The molecule has 1 aromatic heterocycles. The molecule has 5 nitrogen and oxygen atoms in total. The van der Waals surface area contributed by atoms with Crippen molar-refractivity contribution in [1.82, 2.24) is 5.32 Å². The second-order valence-electron chi connectivity index (χ2n) is 6.40. The monoisotopic (exact) mass is 452 g/mol. The Balaban J connectivity index is 1.85. The molecule has 2 N–H and O–H groups in total. The molecule has 0 bridgehead atoms. The van der Waals surface area contributed by atoms with Gasteiger partial charge in [-0.2, -0.15) is 0 Å². The molecule has 0 aliphatic carbocycles. The Labute approximate surface area is 177 Å². The van der Waals surface area contributed by atoms with Gasteiger partial charge in [0, 0.05) is 10.4 Å². The number of hydrogen-bond donors (Lipinski definition) is 2. The largest absolute Gasteiger partial charge is 0.345 e. The van der Waals surface area contributed by atoms with Gasteiger partial charge >= 0.3 is 0 Å². The van der Waals surface area contributed by atoms with Crippen molar-refractivity contribution in [3.63, 3.8) is 0 Å². The van der Waals surface area contributed by atoms with E-state index >= 15 is 0 Å².